The molecule has 2 N–H and O–H groups in total. The fourth-order valence-corrected chi connectivity index (χ4v) is 4.29. The molecule has 0 bridgehead atoms. The predicted molar refractivity (Wildman–Crippen MR) is 76.8 cm³/mol. The van der Waals surface area contributed by atoms with Crippen LogP contribution in [0.15, 0.2) is 0 Å². The van der Waals surface area contributed by atoms with Crippen molar-refractivity contribution in [1.29, 1.82) is 0 Å². The summed E-state index contributed by atoms with van der Waals surface area (Å²) < 4.78 is 0. The van der Waals surface area contributed by atoms with Gasteiger partial charge in [-0.05, 0) is 25.5 Å². The SMILES string of the molecule is CSC1CCC(NC(=O)CC2CSCCN2)C1. The minimum Gasteiger partial charge on any atom is -0.353 e. The van der Waals surface area contributed by atoms with Gasteiger partial charge in [0.1, 0.15) is 0 Å². The lowest BCUT2D eigenvalue weighted by atomic mass is 10.2. The van der Waals surface area contributed by atoms with Crippen LogP contribution in [0.5, 0.6) is 0 Å². The molecule has 98 valence electrons. The first kappa shape index (κ1) is 13.6. The lowest BCUT2D eigenvalue weighted by Crippen LogP contribution is -2.43. The van der Waals surface area contributed by atoms with Crippen molar-refractivity contribution in [2.45, 2.75) is 43.0 Å². The largest absolute Gasteiger partial charge is 0.353 e. The van der Waals surface area contributed by atoms with Crippen molar-refractivity contribution in [1.82, 2.24) is 10.6 Å². The van der Waals surface area contributed by atoms with Crippen LogP contribution in [0, 0.1) is 0 Å². The van der Waals surface area contributed by atoms with Crippen LogP contribution in [0.4, 0.5) is 0 Å². The zero-order valence-electron chi connectivity index (χ0n) is 10.4. The maximum Gasteiger partial charge on any atom is 0.221 e. The summed E-state index contributed by atoms with van der Waals surface area (Å²) in [6.07, 6.45) is 6.37. The molecule has 1 aliphatic heterocycles. The highest BCUT2D eigenvalue weighted by atomic mass is 32.2. The molecule has 0 aromatic carbocycles. The number of thioether (sulfide) groups is 2. The minimum atomic E-state index is 0.233. The topological polar surface area (TPSA) is 41.1 Å². The summed E-state index contributed by atoms with van der Waals surface area (Å²) in [5.74, 6) is 2.48. The fraction of sp³-hybridized carbons (Fsp3) is 0.917. The molecule has 1 aliphatic carbocycles. The second-order valence-electron chi connectivity index (χ2n) is 4.87. The number of amides is 1. The molecule has 0 aromatic rings. The summed E-state index contributed by atoms with van der Waals surface area (Å²) in [5, 5.41) is 7.35. The molecule has 2 fully saturated rings. The van der Waals surface area contributed by atoms with E-state index in [9.17, 15) is 4.79 Å². The summed E-state index contributed by atoms with van der Waals surface area (Å²) in [4.78, 5) is 11.9. The van der Waals surface area contributed by atoms with E-state index in [0.717, 1.165) is 30.4 Å². The van der Waals surface area contributed by atoms with Gasteiger partial charge in [-0.15, -0.1) is 0 Å². The summed E-state index contributed by atoms with van der Waals surface area (Å²) in [6, 6.07) is 0.808. The van der Waals surface area contributed by atoms with Crippen molar-refractivity contribution >= 4 is 29.4 Å². The average molecular weight is 274 g/mol. The monoisotopic (exact) mass is 274 g/mol. The van der Waals surface area contributed by atoms with E-state index >= 15 is 0 Å². The van der Waals surface area contributed by atoms with Crippen molar-refractivity contribution in [3.8, 4) is 0 Å². The quantitative estimate of drug-likeness (QED) is 0.815. The van der Waals surface area contributed by atoms with Crippen LogP contribution in [0.1, 0.15) is 25.7 Å². The molecule has 0 spiro atoms. The average Bonchev–Trinajstić information content (AvgIpc) is 2.78. The molecule has 0 radical (unpaired) electrons. The van der Waals surface area contributed by atoms with Gasteiger partial charge < -0.3 is 10.6 Å². The Morgan fingerprint density at radius 3 is 3.06 bits per heavy atom. The molecule has 3 atom stereocenters. The second kappa shape index (κ2) is 6.90. The predicted octanol–water partition coefficient (Wildman–Crippen LogP) is 1.48. The van der Waals surface area contributed by atoms with E-state index in [-0.39, 0.29) is 5.91 Å². The van der Waals surface area contributed by atoms with E-state index in [0.29, 0.717) is 18.5 Å². The molecular formula is C12H22N2OS2. The van der Waals surface area contributed by atoms with Gasteiger partial charge in [0, 0.05) is 41.8 Å². The molecular weight excluding hydrogens is 252 g/mol. The number of hydrogen-bond donors (Lipinski definition) is 2. The van der Waals surface area contributed by atoms with E-state index in [1.165, 1.54) is 12.2 Å². The van der Waals surface area contributed by atoms with Crippen LogP contribution in [0.25, 0.3) is 0 Å². The molecule has 1 saturated heterocycles. The normalized spacial score (nSPS) is 33.6. The van der Waals surface area contributed by atoms with Gasteiger partial charge in [-0.1, -0.05) is 0 Å². The Labute approximate surface area is 112 Å². The van der Waals surface area contributed by atoms with Gasteiger partial charge in [0.15, 0.2) is 0 Å². The summed E-state index contributed by atoms with van der Waals surface area (Å²) in [5.41, 5.74) is 0. The molecule has 1 saturated carbocycles. The third-order valence-electron chi connectivity index (χ3n) is 3.51. The standard InChI is InChI=1S/C12H22N2OS2/c1-16-11-3-2-9(6-11)14-12(15)7-10-8-17-5-4-13-10/h9-11,13H,2-8H2,1H3,(H,14,15). The van der Waals surface area contributed by atoms with Crippen molar-refractivity contribution in [2.24, 2.45) is 0 Å². The van der Waals surface area contributed by atoms with Crippen molar-refractivity contribution in [2.75, 3.05) is 24.3 Å². The fourth-order valence-electron chi connectivity index (χ4n) is 2.55. The molecule has 1 heterocycles. The van der Waals surface area contributed by atoms with Gasteiger partial charge >= 0.3 is 0 Å². The molecule has 1 amide bonds. The smallest absolute Gasteiger partial charge is 0.221 e. The number of carbonyl (C=O) groups is 1. The molecule has 3 unspecified atom stereocenters. The summed E-state index contributed by atoms with van der Waals surface area (Å²) in [6.45, 7) is 1.04. The Bertz CT molecular complexity index is 257. The van der Waals surface area contributed by atoms with E-state index < -0.39 is 0 Å². The van der Waals surface area contributed by atoms with Gasteiger partial charge in [0.25, 0.3) is 0 Å². The maximum atomic E-state index is 11.9. The lowest BCUT2D eigenvalue weighted by molar-refractivity contribution is -0.122. The molecule has 0 aromatic heterocycles. The first-order valence-corrected chi connectivity index (χ1v) is 8.85. The van der Waals surface area contributed by atoms with Crippen molar-refractivity contribution < 1.29 is 4.79 Å². The lowest BCUT2D eigenvalue weighted by Gasteiger charge is -2.23. The van der Waals surface area contributed by atoms with Crippen LogP contribution < -0.4 is 10.6 Å². The Hall–Kier alpha value is 0.130. The first-order chi connectivity index (χ1) is 8.28. The van der Waals surface area contributed by atoms with E-state index in [1.807, 2.05) is 23.5 Å². The van der Waals surface area contributed by atoms with Crippen LogP contribution >= 0.6 is 23.5 Å². The Morgan fingerprint density at radius 2 is 2.41 bits per heavy atom. The van der Waals surface area contributed by atoms with Crippen molar-refractivity contribution in [3.63, 3.8) is 0 Å². The van der Waals surface area contributed by atoms with Gasteiger partial charge in [0.2, 0.25) is 5.91 Å². The van der Waals surface area contributed by atoms with Crippen LogP contribution in [0.3, 0.4) is 0 Å². The Morgan fingerprint density at radius 1 is 1.53 bits per heavy atom. The minimum absolute atomic E-state index is 0.233. The van der Waals surface area contributed by atoms with Gasteiger partial charge in [0.05, 0.1) is 0 Å². The van der Waals surface area contributed by atoms with Gasteiger partial charge in [-0.2, -0.15) is 23.5 Å². The summed E-state index contributed by atoms with van der Waals surface area (Å²) >= 11 is 3.88. The van der Waals surface area contributed by atoms with Crippen LogP contribution in [0.2, 0.25) is 0 Å². The number of nitrogens with one attached hydrogen (secondary N) is 2. The highest BCUT2D eigenvalue weighted by molar-refractivity contribution is 7.99. The maximum absolute atomic E-state index is 11.9. The molecule has 2 rings (SSSR count). The van der Waals surface area contributed by atoms with E-state index in [2.05, 4.69) is 16.9 Å². The molecule has 17 heavy (non-hydrogen) atoms. The van der Waals surface area contributed by atoms with Crippen LogP contribution in [-0.2, 0) is 4.79 Å². The number of hydrogen-bond acceptors (Lipinski definition) is 4. The zero-order chi connectivity index (χ0) is 12.1. The number of carbonyl (C=O) groups excluding carboxylic acids is 1. The summed E-state index contributed by atoms with van der Waals surface area (Å²) in [7, 11) is 0. The van der Waals surface area contributed by atoms with E-state index in [1.54, 1.807) is 0 Å². The van der Waals surface area contributed by atoms with Crippen molar-refractivity contribution in [3.05, 3.63) is 0 Å². The highest BCUT2D eigenvalue weighted by Gasteiger charge is 2.26. The molecule has 2 aliphatic rings. The molecule has 3 nitrogen and oxygen atoms in total. The van der Waals surface area contributed by atoms with Crippen LogP contribution in [-0.4, -0.2) is 47.5 Å². The zero-order valence-corrected chi connectivity index (χ0v) is 12.0. The second-order valence-corrected chi connectivity index (χ2v) is 7.15. The Kier molecular flexibility index (Phi) is 5.50. The third kappa shape index (κ3) is 4.38. The number of rotatable bonds is 4. The first-order valence-electron chi connectivity index (χ1n) is 6.41. The van der Waals surface area contributed by atoms with E-state index in [4.69, 9.17) is 0 Å². The highest BCUT2D eigenvalue weighted by Crippen LogP contribution is 2.28. The van der Waals surface area contributed by atoms with Gasteiger partial charge in [-0.3, -0.25) is 4.79 Å². The van der Waals surface area contributed by atoms with Gasteiger partial charge in [-0.25, -0.2) is 0 Å². The molecule has 5 heteroatoms. The Balaban J connectivity index is 1.66. The third-order valence-corrected chi connectivity index (χ3v) is 5.74.